The van der Waals surface area contributed by atoms with Crippen molar-refractivity contribution >= 4 is 29.9 Å². The molecule has 3 rings (SSSR count). The number of hydrogen-bond donors (Lipinski definition) is 1. The first kappa shape index (κ1) is 25.5. The van der Waals surface area contributed by atoms with Crippen molar-refractivity contribution in [2.75, 3.05) is 34.9 Å². The number of nitrogens with zero attached hydrogens (tertiary/aromatic N) is 4. The quantitative estimate of drug-likeness (QED) is 0.250. The Hall–Kier alpha value is -2.75. The van der Waals surface area contributed by atoms with Crippen molar-refractivity contribution in [1.82, 2.24) is 20.0 Å². The standard InChI is InChI=1S/C24H31N5O2.HI/c1-25-24(28(2)14-11-19-9-10-22(30-3)23(16-19)31-4)26-17-20-7-5-8-21(15-20)18-29-13-6-12-27-29;/h5-10,12-13,15-16H,11,14,17-18H2,1-4H3,(H,25,26);1H. The Labute approximate surface area is 207 Å². The molecule has 0 amide bonds. The van der Waals surface area contributed by atoms with Crippen LogP contribution in [0.5, 0.6) is 11.5 Å². The van der Waals surface area contributed by atoms with Crippen LogP contribution in [0.2, 0.25) is 0 Å². The topological polar surface area (TPSA) is 63.9 Å². The van der Waals surface area contributed by atoms with Gasteiger partial charge in [-0.05, 0) is 41.3 Å². The van der Waals surface area contributed by atoms with Gasteiger partial charge in [0.1, 0.15) is 0 Å². The van der Waals surface area contributed by atoms with Gasteiger partial charge in [-0.1, -0.05) is 30.3 Å². The molecule has 0 radical (unpaired) electrons. The van der Waals surface area contributed by atoms with E-state index in [9.17, 15) is 0 Å². The monoisotopic (exact) mass is 549 g/mol. The van der Waals surface area contributed by atoms with Gasteiger partial charge < -0.3 is 19.7 Å². The molecule has 1 N–H and O–H groups in total. The summed E-state index contributed by atoms with van der Waals surface area (Å²) < 4.78 is 12.6. The second kappa shape index (κ2) is 12.9. The van der Waals surface area contributed by atoms with E-state index in [4.69, 9.17) is 9.47 Å². The molecule has 0 saturated heterocycles. The van der Waals surface area contributed by atoms with Gasteiger partial charge in [0, 0.05) is 39.6 Å². The number of aliphatic imine (C=N–C) groups is 1. The second-order valence-corrected chi connectivity index (χ2v) is 7.29. The lowest BCUT2D eigenvalue weighted by atomic mass is 10.1. The Kier molecular flexibility index (Phi) is 10.3. The number of nitrogens with one attached hydrogen (secondary N) is 1. The lowest BCUT2D eigenvalue weighted by molar-refractivity contribution is 0.354. The number of rotatable bonds is 9. The number of benzene rings is 2. The van der Waals surface area contributed by atoms with Gasteiger partial charge in [0.15, 0.2) is 17.5 Å². The first-order valence-electron chi connectivity index (χ1n) is 10.3. The Balaban J connectivity index is 0.00000363. The van der Waals surface area contributed by atoms with Gasteiger partial charge in [-0.3, -0.25) is 9.67 Å². The summed E-state index contributed by atoms with van der Waals surface area (Å²) in [5.41, 5.74) is 3.62. The minimum atomic E-state index is 0. The molecular weight excluding hydrogens is 517 g/mol. The zero-order valence-corrected chi connectivity index (χ0v) is 21.4. The van der Waals surface area contributed by atoms with Crippen LogP contribution < -0.4 is 14.8 Å². The van der Waals surface area contributed by atoms with E-state index in [1.165, 1.54) is 16.7 Å². The van der Waals surface area contributed by atoms with Gasteiger partial charge in [-0.15, -0.1) is 24.0 Å². The lowest BCUT2D eigenvalue weighted by Crippen LogP contribution is -2.39. The van der Waals surface area contributed by atoms with Crippen molar-refractivity contribution in [3.05, 3.63) is 77.6 Å². The molecule has 0 unspecified atom stereocenters. The number of halogens is 1. The predicted octanol–water partition coefficient (Wildman–Crippen LogP) is 3.82. The summed E-state index contributed by atoms with van der Waals surface area (Å²) in [6, 6.07) is 16.5. The third kappa shape index (κ3) is 7.15. The summed E-state index contributed by atoms with van der Waals surface area (Å²) in [7, 11) is 7.16. The van der Waals surface area contributed by atoms with Crippen molar-refractivity contribution in [2.45, 2.75) is 19.5 Å². The van der Waals surface area contributed by atoms with Crippen molar-refractivity contribution < 1.29 is 9.47 Å². The Morgan fingerprint density at radius 2 is 1.81 bits per heavy atom. The lowest BCUT2D eigenvalue weighted by Gasteiger charge is -2.22. The van der Waals surface area contributed by atoms with Crippen LogP contribution in [-0.4, -0.2) is 55.5 Å². The van der Waals surface area contributed by atoms with Crippen molar-refractivity contribution in [3.63, 3.8) is 0 Å². The second-order valence-electron chi connectivity index (χ2n) is 7.29. The molecule has 7 nitrogen and oxygen atoms in total. The molecule has 0 fully saturated rings. The maximum atomic E-state index is 5.40. The fraction of sp³-hybridized carbons (Fsp3) is 0.333. The molecule has 2 aromatic carbocycles. The molecule has 0 aliphatic carbocycles. The molecule has 0 atom stereocenters. The average Bonchev–Trinajstić information content (AvgIpc) is 3.31. The highest BCUT2D eigenvalue weighted by Crippen LogP contribution is 2.27. The van der Waals surface area contributed by atoms with Crippen LogP contribution in [-0.2, 0) is 19.5 Å². The fourth-order valence-corrected chi connectivity index (χ4v) is 3.42. The summed E-state index contributed by atoms with van der Waals surface area (Å²) >= 11 is 0. The van der Waals surface area contributed by atoms with Crippen molar-refractivity contribution in [3.8, 4) is 11.5 Å². The van der Waals surface area contributed by atoms with Gasteiger partial charge in [0.25, 0.3) is 0 Å². The molecule has 0 spiro atoms. The zero-order valence-electron chi connectivity index (χ0n) is 19.1. The van der Waals surface area contributed by atoms with E-state index in [2.05, 4.69) is 50.6 Å². The molecule has 0 saturated carbocycles. The van der Waals surface area contributed by atoms with Gasteiger partial charge in [-0.2, -0.15) is 5.10 Å². The summed E-state index contributed by atoms with van der Waals surface area (Å²) in [6.07, 6.45) is 4.64. The van der Waals surface area contributed by atoms with Gasteiger partial charge in [-0.25, -0.2) is 0 Å². The van der Waals surface area contributed by atoms with E-state index in [1.54, 1.807) is 20.4 Å². The van der Waals surface area contributed by atoms with Crippen LogP contribution in [0.3, 0.4) is 0 Å². The highest BCUT2D eigenvalue weighted by atomic mass is 127. The highest BCUT2D eigenvalue weighted by Gasteiger charge is 2.09. The van der Waals surface area contributed by atoms with Gasteiger partial charge in [0.05, 0.1) is 20.8 Å². The molecule has 1 heterocycles. The molecule has 172 valence electrons. The third-order valence-corrected chi connectivity index (χ3v) is 5.10. The van der Waals surface area contributed by atoms with Gasteiger partial charge >= 0.3 is 0 Å². The molecule has 0 bridgehead atoms. The number of guanidine groups is 1. The number of ether oxygens (including phenoxy) is 2. The van der Waals surface area contributed by atoms with Crippen LogP contribution in [0.4, 0.5) is 0 Å². The molecule has 8 heteroatoms. The summed E-state index contributed by atoms with van der Waals surface area (Å²) in [5.74, 6) is 2.35. The maximum absolute atomic E-state index is 5.40. The average molecular weight is 549 g/mol. The zero-order chi connectivity index (χ0) is 22.1. The van der Waals surface area contributed by atoms with Crippen LogP contribution in [0.15, 0.2) is 65.9 Å². The first-order valence-corrected chi connectivity index (χ1v) is 10.3. The Morgan fingerprint density at radius 1 is 1.03 bits per heavy atom. The van der Waals surface area contributed by atoms with E-state index in [0.29, 0.717) is 6.54 Å². The summed E-state index contributed by atoms with van der Waals surface area (Å²) in [6.45, 7) is 2.30. The van der Waals surface area contributed by atoms with Crippen LogP contribution in [0.25, 0.3) is 0 Å². The molecular formula is C24H32IN5O2. The highest BCUT2D eigenvalue weighted by molar-refractivity contribution is 14.0. The minimum Gasteiger partial charge on any atom is -0.493 e. The Morgan fingerprint density at radius 3 is 2.50 bits per heavy atom. The van der Waals surface area contributed by atoms with Crippen molar-refractivity contribution in [2.24, 2.45) is 4.99 Å². The fourth-order valence-electron chi connectivity index (χ4n) is 3.42. The maximum Gasteiger partial charge on any atom is 0.193 e. The van der Waals surface area contributed by atoms with Crippen LogP contribution in [0.1, 0.15) is 16.7 Å². The number of likely N-dealkylation sites (N-methyl/N-ethyl adjacent to an activating group) is 1. The predicted molar refractivity (Wildman–Crippen MR) is 139 cm³/mol. The summed E-state index contributed by atoms with van der Waals surface area (Å²) in [4.78, 5) is 6.56. The van der Waals surface area contributed by atoms with E-state index >= 15 is 0 Å². The number of aromatic nitrogens is 2. The molecule has 3 aromatic rings. The molecule has 0 aliphatic rings. The largest absolute Gasteiger partial charge is 0.493 e. The number of methoxy groups -OCH3 is 2. The first-order chi connectivity index (χ1) is 15.1. The van der Waals surface area contributed by atoms with Gasteiger partial charge in [0.2, 0.25) is 0 Å². The molecule has 32 heavy (non-hydrogen) atoms. The Bertz CT molecular complexity index is 992. The molecule has 1 aromatic heterocycles. The third-order valence-electron chi connectivity index (χ3n) is 5.10. The van der Waals surface area contributed by atoms with E-state index in [1.807, 2.05) is 43.2 Å². The number of hydrogen-bond acceptors (Lipinski definition) is 4. The van der Waals surface area contributed by atoms with E-state index < -0.39 is 0 Å². The van der Waals surface area contributed by atoms with E-state index in [0.717, 1.165) is 37.0 Å². The van der Waals surface area contributed by atoms with Crippen molar-refractivity contribution in [1.29, 1.82) is 0 Å². The smallest absolute Gasteiger partial charge is 0.193 e. The van der Waals surface area contributed by atoms with Crippen LogP contribution in [0, 0.1) is 0 Å². The minimum absolute atomic E-state index is 0. The SMILES string of the molecule is CN=C(NCc1cccc(Cn2cccn2)c1)N(C)CCc1ccc(OC)c(OC)c1.I. The molecule has 0 aliphatic heterocycles. The van der Waals surface area contributed by atoms with E-state index in [-0.39, 0.29) is 24.0 Å². The summed E-state index contributed by atoms with van der Waals surface area (Å²) in [5, 5.41) is 7.74. The normalized spacial score (nSPS) is 10.9. The van der Waals surface area contributed by atoms with Crippen LogP contribution >= 0.6 is 24.0 Å².